The van der Waals surface area contributed by atoms with Gasteiger partial charge in [0.1, 0.15) is 5.75 Å². The van der Waals surface area contributed by atoms with E-state index in [1.807, 2.05) is 6.07 Å². The van der Waals surface area contributed by atoms with Crippen molar-refractivity contribution in [3.63, 3.8) is 0 Å². The zero-order chi connectivity index (χ0) is 12.3. The van der Waals surface area contributed by atoms with Gasteiger partial charge in [-0.3, -0.25) is 4.99 Å². The number of rotatable bonds is 2. The largest absolute Gasteiger partial charge is 0.495 e. The van der Waals surface area contributed by atoms with Gasteiger partial charge in [-0.15, -0.1) is 0 Å². The van der Waals surface area contributed by atoms with Crippen LogP contribution in [0.5, 0.6) is 5.75 Å². The number of ether oxygens (including phenoxy) is 1. The Morgan fingerprint density at radius 1 is 1.31 bits per heavy atom. The maximum absolute atomic E-state index is 5.98. The predicted octanol–water partition coefficient (Wildman–Crippen LogP) is 2.62. The normalized spacial score (nSPS) is 12.1. The van der Waals surface area contributed by atoms with Gasteiger partial charge in [0.15, 0.2) is 0 Å². The van der Waals surface area contributed by atoms with Gasteiger partial charge in [0.2, 0.25) is 0 Å². The van der Waals surface area contributed by atoms with Crippen LogP contribution >= 0.6 is 0 Å². The molecule has 0 fully saturated rings. The summed E-state index contributed by atoms with van der Waals surface area (Å²) in [4.78, 5) is 4.00. The summed E-state index contributed by atoms with van der Waals surface area (Å²) in [6.45, 7) is 6.47. The summed E-state index contributed by atoms with van der Waals surface area (Å²) >= 11 is 0. The number of hydrogen-bond donors (Lipinski definition) is 1. The molecule has 0 saturated heterocycles. The SMILES string of the molecule is CN=Cc1cc(C(C)(C)C)cc(OC)c1N. The molecular formula is C13H20N2O. The molecule has 3 heteroatoms. The number of anilines is 1. The molecule has 0 aliphatic heterocycles. The van der Waals surface area contributed by atoms with Crippen LogP contribution in [0.3, 0.4) is 0 Å². The van der Waals surface area contributed by atoms with E-state index in [0.29, 0.717) is 11.4 Å². The van der Waals surface area contributed by atoms with E-state index in [4.69, 9.17) is 10.5 Å². The van der Waals surface area contributed by atoms with Crippen molar-refractivity contribution in [3.05, 3.63) is 23.3 Å². The van der Waals surface area contributed by atoms with E-state index in [9.17, 15) is 0 Å². The van der Waals surface area contributed by atoms with Crippen molar-refractivity contribution in [3.8, 4) is 5.75 Å². The standard InChI is InChI=1S/C13H20N2O/c1-13(2,3)10-6-9(8-15-4)12(14)11(7-10)16-5/h6-8H,14H2,1-5H3. The molecule has 0 spiro atoms. The van der Waals surface area contributed by atoms with Gasteiger partial charge in [-0.1, -0.05) is 20.8 Å². The lowest BCUT2D eigenvalue weighted by Crippen LogP contribution is -2.13. The van der Waals surface area contributed by atoms with Gasteiger partial charge >= 0.3 is 0 Å². The zero-order valence-corrected chi connectivity index (χ0v) is 10.7. The number of aliphatic imine (C=N–C) groups is 1. The third-order valence-electron chi connectivity index (χ3n) is 2.53. The fourth-order valence-corrected chi connectivity index (χ4v) is 1.50. The van der Waals surface area contributed by atoms with Gasteiger partial charge in [0.05, 0.1) is 12.8 Å². The molecule has 0 amide bonds. The maximum atomic E-state index is 5.98. The van der Waals surface area contributed by atoms with Crippen LogP contribution in [0, 0.1) is 0 Å². The Balaban J connectivity index is 3.40. The van der Waals surface area contributed by atoms with Crippen LogP contribution < -0.4 is 10.5 Å². The van der Waals surface area contributed by atoms with Gasteiger partial charge in [-0.2, -0.15) is 0 Å². The summed E-state index contributed by atoms with van der Waals surface area (Å²) in [5, 5.41) is 0. The first-order chi connectivity index (χ1) is 7.40. The van der Waals surface area contributed by atoms with Crippen LogP contribution in [-0.2, 0) is 5.41 Å². The molecule has 0 atom stereocenters. The highest BCUT2D eigenvalue weighted by Gasteiger charge is 2.17. The highest BCUT2D eigenvalue weighted by atomic mass is 16.5. The lowest BCUT2D eigenvalue weighted by atomic mass is 9.85. The molecule has 0 aliphatic rings. The second-order valence-electron chi connectivity index (χ2n) is 4.82. The van der Waals surface area contributed by atoms with Crippen molar-refractivity contribution in [2.75, 3.05) is 19.9 Å². The monoisotopic (exact) mass is 220 g/mol. The van der Waals surface area contributed by atoms with Crippen LogP contribution in [-0.4, -0.2) is 20.4 Å². The summed E-state index contributed by atoms with van der Waals surface area (Å²) in [6, 6.07) is 4.05. The number of benzene rings is 1. The number of nitrogens with two attached hydrogens (primary N) is 1. The van der Waals surface area contributed by atoms with Crippen molar-refractivity contribution in [2.45, 2.75) is 26.2 Å². The molecule has 0 unspecified atom stereocenters. The average Bonchev–Trinajstić information content (AvgIpc) is 2.19. The number of nitrogens with zero attached hydrogens (tertiary/aromatic N) is 1. The van der Waals surface area contributed by atoms with Gasteiger partial charge in [0.25, 0.3) is 0 Å². The van der Waals surface area contributed by atoms with E-state index in [-0.39, 0.29) is 5.41 Å². The van der Waals surface area contributed by atoms with Crippen LogP contribution in [0.4, 0.5) is 5.69 Å². The fraction of sp³-hybridized carbons (Fsp3) is 0.462. The Morgan fingerprint density at radius 2 is 1.94 bits per heavy atom. The van der Waals surface area contributed by atoms with Crippen molar-refractivity contribution in [1.82, 2.24) is 0 Å². The molecular weight excluding hydrogens is 200 g/mol. The van der Waals surface area contributed by atoms with Gasteiger partial charge < -0.3 is 10.5 Å². The minimum Gasteiger partial charge on any atom is -0.495 e. The van der Waals surface area contributed by atoms with E-state index >= 15 is 0 Å². The van der Waals surface area contributed by atoms with Crippen LogP contribution in [0.1, 0.15) is 31.9 Å². The van der Waals surface area contributed by atoms with Crippen molar-refractivity contribution < 1.29 is 4.74 Å². The number of hydrogen-bond acceptors (Lipinski definition) is 3. The number of nitrogen functional groups attached to an aromatic ring is 1. The van der Waals surface area contributed by atoms with Gasteiger partial charge in [-0.05, 0) is 23.1 Å². The predicted molar refractivity (Wildman–Crippen MR) is 69.6 cm³/mol. The highest BCUT2D eigenvalue weighted by Crippen LogP contribution is 2.32. The van der Waals surface area contributed by atoms with Gasteiger partial charge in [-0.25, -0.2) is 0 Å². The minimum absolute atomic E-state index is 0.0668. The Hall–Kier alpha value is -1.51. The molecule has 1 rings (SSSR count). The van der Waals surface area contributed by atoms with E-state index in [0.717, 1.165) is 5.56 Å². The molecule has 3 nitrogen and oxygen atoms in total. The Morgan fingerprint density at radius 3 is 2.38 bits per heavy atom. The average molecular weight is 220 g/mol. The van der Waals surface area contributed by atoms with Crippen LogP contribution in [0.2, 0.25) is 0 Å². The van der Waals surface area contributed by atoms with E-state index < -0.39 is 0 Å². The van der Waals surface area contributed by atoms with Crippen molar-refractivity contribution >= 4 is 11.9 Å². The Bertz CT molecular complexity index is 403. The Kier molecular flexibility index (Phi) is 3.58. The van der Waals surface area contributed by atoms with Crippen molar-refractivity contribution in [1.29, 1.82) is 0 Å². The van der Waals surface area contributed by atoms with E-state index in [1.165, 1.54) is 5.56 Å². The second kappa shape index (κ2) is 4.56. The van der Waals surface area contributed by atoms with Crippen LogP contribution in [0.15, 0.2) is 17.1 Å². The summed E-state index contributed by atoms with van der Waals surface area (Å²) < 4.78 is 5.28. The third kappa shape index (κ3) is 2.54. The van der Waals surface area contributed by atoms with Gasteiger partial charge in [0, 0.05) is 18.8 Å². The molecule has 0 saturated carbocycles. The first kappa shape index (κ1) is 12.6. The van der Waals surface area contributed by atoms with Crippen molar-refractivity contribution in [2.24, 2.45) is 4.99 Å². The molecule has 0 aromatic heterocycles. The molecule has 0 bridgehead atoms. The number of methoxy groups -OCH3 is 1. The maximum Gasteiger partial charge on any atom is 0.142 e. The minimum atomic E-state index is 0.0668. The topological polar surface area (TPSA) is 47.6 Å². The summed E-state index contributed by atoms with van der Waals surface area (Å²) in [5.74, 6) is 0.710. The molecule has 88 valence electrons. The second-order valence-corrected chi connectivity index (χ2v) is 4.82. The summed E-state index contributed by atoms with van der Waals surface area (Å²) in [5.41, 5.74) is 8.78. The quantitative estimate of drug-likeness (QED) is 0.615. The molecule has 0 radical (unpaired) electrons. The molecule has 0 aliphatic carbocycles. The summed E-state index contributed by atoms with van der Waals surface area (Å²) in [6.07, 6.45) is 1.76. The van der Waals surface area contributed by atoms with E-state index in [1.54, 1.807) is 20.4 Å². The molecule has 1 aromatic rings. The zero-order valence-electron chi connectivity index (χ0n) is 10.7. The molecule has 2 N–H and O–H groups in total. The highest BCUT2D eigenvalue weighted by molar-refractivity contribution is 5.89. The summed E-state index contributed by atoms with van der Waals surface area (Å²) in [7, 11) is 3.36. The third-order valence-corrected chi connectivity index (χ3v) is 2.53. The fourth-order valence-electron chi connectivity index (χ4n) is 1.50. The smallest absolute Gasteiger partial charge is 0.142 e. The van der Waals surface area contributed by atoms with E-state index in [2.05, 4.69) is 31.8 Å². The lowest BCUT2D eigenvalue weighted by Gasteiger charge is -2.21. The molecule has 1 aromatic carbocycles. The first-order valence-electron chi connectivity index (χ1n) is 5.30. The molecule has 16 heavy (non-hydrogen) atoms. The lowest BCUT2D eigenvalue weighted by molar-refractivity contribution is 0.415. The first-order valence-corrected chi connectivity index (χ1v) is 5.30. The molecule has 0 heterocycles. The van der Waals surface area contributed by atoms with Crippen LogP contribution in [0.25, 0.3) is 0 Å². The Labute approximate surface area is 97.3 Å².